The molecule has 1 saturated carbocycles. The first-order chi connectivity index (χ1) is 19.0. The molecule has 0 heterocycles. The molecule has 0 aromatic heterocycles. The minimum Gasteiger partial charge on any atom is -0.493 e. The number of carbonyl (C=O) groups is 1. The molecule has 0 saturated heterocycles. The lowest BCUT2D eigenvalue weighted by molar-refractivity contribution is -0.157. The van der Waals surface area contributed by atoms with Gasteiger partial charge in [-0.2, -0.15) is 0 Å². The maximum absolute atomic E-state index is 13.9. The summed E-state index contributed by atoms with van der Waals surface area (Å²) in [6.07, 6.45) is 10.9. The van der Waals surface area contributed by atoms with Gasteiger partial charge in [0, 0.05) is 0 Å². The molecule has 1 aliphatic rings. The van der Waals surface area contributed by atoms with Crippen LogP contribution in [0, 0.1) is 5.92 Å². The molecule has 3 rings (SSSR count). The van der Waals surface area contributed by atoms with Crippen molar-refractivity contribution in [1.29, 1.82) is 0 Å². The summed E-state index contributed by atoms with van der Waals surface area (Å²) in [5.74, 6) is 1.27. The Bertz CT molecular complexity index is 972. The van der Waals surface area contributed by atoms with Crippen molar-refractivity contribution in [3.05, 3.63) is 47.5 Å². The Kier molecular flexibility index (Phi) is 14.0. The van der Waals surface area contributed by atoms with Gasteiger partial charge < -0.3 is 14.2 Å². The van der Waals surface area contributed by atoms with E-state index in [0.29, 0.717) is 30.6 Å². The second kappa shape index (κ2) is 17.4. The summed E-state index contributed by atoms with van der Waals surface area (Å²) in [5, 5.41) is 0.628. The van der Waals surface area contributed by atoms with E-state index in [1.165, 1.54) is 32.1 Å². The largest absolute Gasteiger partial charge is 0.493 e. The summed E-state index contributed by atoms with van der Waals surface area (Å²) >= 11 is 6.51. The van der Waals surface area contributed by atoms with E-state index >= 15 is 0 Å². The first-order valence-electron chi connectivity index (χ1n) is 15.0. The third kappa shape index (κ3) is 11.0. The van der Waals surface area contributed by atoms with Crippen LogP contribution < -0.4 is 9.47 Å². The standard InChI is InChI=1S/C33H46ClFO4/c1-3-5-7-8-9-10-22-37-32-21-16-27(23-30(32)34)26-14-19-28(20-15-26)38-24-25-12-17-29(18-13-25)39-33(36)31(35)11-6-4-2/h14-16,19-21,23,25,29,31H,3-13,17-18,22,24H2,1-2H3/t25?,29?,31-/m1/s1. The van der Waals surface area contributed by atoms with Crippen molar-refractivity contribution in [2.24, 2.45) is 5.92 Å². The highest BCUT2D eigenvalue weighted by Crippen LogP contribution is 2.32. The molecule has 39 heavy (non-hydrogen) atoms. The van der Waals surface area contributed by atoms with E-state index in [1.807, 2.05) is 49.4 Å². The Morgan fingerprint density at radius 3 is 2.23 bits per heavy atom. The maximum atomic E-state index is 13.9. The van der Waals surface area contributed by atoms with E-state index < -0.39 is 12.1 Å². The zero-order chi connectivity index (χ0) is 27.9. The van der Waals surface area contributed by atoms with Crippen LogP contribution in [0.2, 0.25) is 5.02 Å². The summed E-state index contributed by atoms with van der Waals surface area (Å²) in [6, 6.07) is 14.0. The predicted octanol–water partition coefficient (Wildman–Crippen LogP) is 9.76. The van der Waals surface area contributed by atoms with Gasteiger partial charge in [-0.15, -0.1) is 0 Å². The fourth-order valence-electron chi connectivity index (χ4n) is 4.98. The Morgan fingerprint density at radius 1 is 0.872 bits per heavy atom. The minimum absolute atomic E-state index is 0.174. The molecule has 0 aliphatic heterocycles. The number of carbonyl (C=O) groups excluding carboxylic acids is 1. The molecular weight excluding hydrogens is 515 g/mol. The zero-order valence-electron chi connectivity index (χ0n) is 23.8. The lowest BCUT2D eigenvalue weighted by Crippen LogP contribution is -2.30. The van der Waals surface area contributed by atoms with Gasteiger partial charge >= 0.3 is 5.97 Å². The summed E-state index contributed by atoms with van der Waals surface area (Å²) < 4.78 is 31.2. The van der Waals surface area contributed by atoms with Crippen LogP contribution in [0.4, 0.5) is 4.39 Å². The van der Waals surface area contributed by atoms with Gasteiger partial charge in [-0.25, -0.2) is 9.18 Å². The van der Waals surface area contributed by atoms with Gasteiger partial charge in [0.25, 0.3) is 0 Å². The van der Waals surface area contributed by atoms with Crippen LogP contribution in [0.3, 0.4) is 0 Å². The third-order valence-corrected chi connectivity index (χ3v) is 7.80. The molecule has 1 aliphatic carbocycles. The van der Waals surface area contributed by atoms with Gasteiger partial charge in [0.1, 0.15) is 17.6 Å². The molecule has 0 amide bonds. The van der Waals surface area contributed by atoms with Crippen LogP contribution in [0.25, 0.3) is 11.1 Å². The van der Waals surface area contributed by atoms with Crippen molar-refractivity contribution in [1.82, 2.24) is 0 Å². The molecule has 216 valence electrons. The number of ether oxygens (including phenoxy) is 3. The van der Waals surface area contributed by atoms with Crippen molar-refractivity contribution >= 4 is 17.6 Å². The molecular formula is C33H46ClFO4. The van der Waals surface area contributed by atoms with Crippen molar-refractivity contribution < 1.29 is 23.4 Å². The monoisotopic (exact) mass is 560 g/mol. The van der Waals surface area contributed by atoms with Crippen molar-refractivity contribution in [3.8, 4) is 22.6 Å². The van der Waals surface area contributed by atoms with Gasteiger partial charge in [0.2, 0.25) is 0 Å². The number of esters is 1. The fraction of sp³-hybridized carbons (Fsp3) is 0.606. The SMILES string of the molecule is CCCCCCCCOc1ccc(-c2ccc(OCC3CCC(OC(=O)[C@H](F)CCCC)CC3)cc2)cc1Cl. The molecule has 4 nitrogen and oxygen atoms in total. The zero-order valence-corrected chi connectivity index (χ0v) is 24.5. The number of unbranched alkanes of at least 4 members (excludes halogenated alkanes) is 6. The smallest absolute Gasteiger partial charge is 0.340 e. The maximum Gasteiger partial charge on any atom is 0.340 e. The van der Waals surface area contributed by atoms with Crippen LogP contribution >= 0.6 is 11.6 Å². The van der Waals surface area contributed by atoms with E-state index in [2.05, 4.69) is 6.92 Å². The molecule has 0 radical (unpaired) electrons. The number of benzene rings is 2. The molecule has 6 heteroatoms. The summed E-state index contributed by atoms with van der Waals surface area (Å²) in [6.45, 7) is 5.53. The van der Waals surface area contributed by atoms with Crippen molar-refractivity contribution in [2.75, 3.05) is 13.2 Å². The molecule has 0 N–H and O–H groups in total. The second-order valence-electron chi connectivity index (χ2n) is 10.8. The fourth-order valence-corrected chi connectivity index (χ4v) is 5.21. The van der Waals surface area contributed by atoms with Crippen molar-refractivity contribution in [2.45, 2.75) is 110 Å². The topological polar surface area (TPSA) is 44.8 Å². The van der Waals surface area contributed by atoms with E-state index in [0.717, 1.165) is 61.2 Å². The number of hydrogen-bond donors (Lipinski definition) is 0. The third-order valence-electron chi connectivity index (χ3n) is 7.50. The average Bonchev–Trinajstić information content (AvgIpc) is 2.96. The molecule has 1 fully saturated rings. The summed E-state index contributed by atoms with van der Waals surface area (Å²) in [5.41, 5.74) is 2.11. The highest BCUT2D eigenvalue weighted by atomic mass is 35.5. The number of hydrogen-bond acceptors (Lipinski definition) is 4. The molecule has 1 atom stereocenters. The van der Waals surface area contributed by atoms with E-state index in [4.69, 9.17) is 25.8 Å². The van der Waals surface area contributed by atoms with Crippen LogP contribution in [0.5, 0.6) is 11.5 Å². The van der Waals surface area contributed by atoms with Gasteiger partial charge in [0.05, 0.1) is 18.2 Å². The first-order valence-corrected chi connectivity index (χ1v) is 15.4. The molecule has 2 aromatic rings. The lowest BCUT2D eigenvalue weighted by Gasteiger charge is -2.28. The highest BCUT2D eigenvalue weighted by molar-refractivity contribution is 6.32. The molecule has 0 unspecified atom stereocenters. The van der Waals surface area contributed by atoms with Crippen LogP contribution in [0.15, 0.2) is 42.5 Å². The Morgan fingerprint density at radius 2 is 1.54 bits per heavy atom. The number of alkyl halides is 1. The minimum atomic E-state index is -1.49. The number of rotatable bonds is 17. The van der Waals surface area contributed by atoms with Crippen LogP contribution in [-0.2, 0) is 9.53 Å². The summed E-state index contributed by atoms with van der Waals surface area (Å²) in [4.78, 5) is 11.9. The van der Waals surface area contributed by atoms with E-state index in [-0.39, 0.29) is 12.5 Å². The lowest BCUT2D eigenvalue weighted by atomic mass is 9.88. The molecule has 0 spiro atoms. The Labute approximate surface area is 239 Å². The first kappa shape index (κ1) is 31.3. The highest BCUT2D eigenvalue weighted by Gasteiger charge is 2.27. The van der Waals surface area contributed by atoms with Gasteiger partial charge in [-0.1, -0.05) is 88.6 Å². The molecule has 0 bridgehead atoms. The van der Waals surface area contributed by atoms with Gasteiger partial charge in [0.15, 0.2) is 6.17 Å². The van der Waals surface area contributed by atoms with Crippen LogP contribution in [0.1, 0.15) is 97.3 Å². The quantitative estimate of drug-likeness (QED) is 0.143. The summed E-state index contributed by atoms with van der Waals surface area (Å²) in [7, 11) is 0. The van der Waals surface area contributed by atoms with Gasteiger partial charge in [-0.3, -0.25) is 0 Å². The van der Waals surface area contributed by atoms with Crippen LogP contribution in [-0.4, -0.2) is 31.5 Å². The second-order valence-corrected chi connectivity index (χ2v) is 11.2. The van der Waals surface area contributed by atoms with Gasteiger partial charge in [-0.05, 0) is 79.8 Å². The average molecular weight is 561 g/mol. The van der Waals surface area contributed by atoms with E-state index in [1.54, 1.807) is 0 Å². The van der Waals surface area contributed by atoms with E-state index in [9.17, 15) is 9.18 Å². The normalized spacial score (nSPS) is 17.9. The Balaban J connectivity index is 1.37. The molecule has 2 aromatic carbocycles. The predicted molar refractivity (Wildman–Crippen MR) is 158 cm³/mol. The van der Waals surface area contributed by atoms with Crippen molar-refractivity contribution in [3.63, 3.8) is 0 Å². The Hall–Kier alpha value is -2.27. The number of halogens is 2.